The molecule has 0 aliphatic carbocycles. The largest absolute Gasteiger partial charge is 0.491 e. The maximum absolute atomic E-state index is 11.8. The SMILES string of the molecule is CC(C)Oc1ccc(CNC(=O)CNCC2CCCO2)cc1. The fourth-order valence-corrected chi connectivity index (χ4v) is 2.37. The number of carbonyl (C=O) groups excluding carboxylic acids is 1. The molecule has 0 aromatic heterocycles. The van der Waals surface area contributed by atoms with E-state index in [9.17, 15) is 4.79 Å². The van der Waals surface area contributed by atoms with Crippen molar-refractivity contribution in [2.24, 2.45) is 0 Å². The van der Waals surface area contributed by atoms with Crippen LogP contribution < -0.4 is 15.4 Å². The topological polar surface area (TPSA) is 59.6 Å². The second kappa shape index (κ2) is 8.76. The van der Waals surface area contributed by atoms with Crippen LogP contribution in [-0.2, 0) is 16.1 Å². The van der Waals surface area contributed by atoms with E-state index in [4.69, 9.17) is 9.47 Å². The highest BCUT2D eigenvalue weighted by Gasteiger charge is 2.14. The molecule has 1 unspecified atom stereocenters. The zero-order chi connectivity index (χ0) is 15.8. The second-order valence-corrected chi connectivity index (χ2v) is 5.85. The molecule has 2 N–H and O–H groups in total. The highest BCUT2D eigenvalue weighted by molar-refractivity contribution is 5.77. The average Bonchev–Trinajstić information content (AvgIpc) is 2.99. The van der Waals surface area contributed by atoms with Crippen molar-refractivity contribution in [1.29, 1.82) is 0 Å². The van der Waals surface area contributed by atoms with Crippen molar-refractivity contribution >= 4 is 5.91 Å². The van der Waals surface area contributed by atoms with Gasteiger partial charge in [0.1, 0.15) is 5.75 Å². The average molecular weight is 306 g/mol. The van der Waals surface area contributed by atoms with Crippen LogP contribution in [0.5, 0.6) is 5.75 Å². The van der Waals surface area contributed by atoms with E-state index >= 15 is 0 Å². The molecule has 1 fully saturated rings. The lowest BCUT2D eigenvalue weighted by Crippen LogP contribution is -2.36. The first-order chi connectivity index (χ1) is 10.6. The molecule has 0 spiro atoms. The Morgan fingerprint density at radius 1 is 1.36 bits per heavy atom. The molecule has 2 rings (SSSR count). The first-order valence-corrected chi connectivity index (χ1v) is 7.98. The molecular weight excluding hydrogens is 280 g/mol. The van der Waals surface area contributed by atoms with Crippen LogP contribution in [0.15, 0.2) is 24.3 Å². The Kier molecular flexibility index (Phi) is 6.68. The minimum absolute atomic E-state index is 0.000467. The van der Waals surface area contributed by atoms with Crippen molar-refractivity contribution in [1.82, 2.24) is 10.6 Å². The summed E-state index contributed by atoms with van der Waals surface area (Å²) in [5.74, 6) is 0.851. The minimum Gasteiger partial charge on any atom is -0.491 e. The maximum atomic E-state index is 11.8. The fraction of sp³-hybridized carbons (Fsp3) is 0.588. The van der Waals surface area contributed by atoms with E-state index in [0.717, 1.165) is 37.3 Å². The third kappa shape index (κ3) is 6.03. The Balaban J connectivity index is 1.62. The zero-order valence-electron chi connectivity index (χ0n) is 13.4. The van der Waals surface area contributed by atoms with E-state index in [1.165, 1.54) is 0 Å². The number of nitrogens with one attached hydrogen (secondary N) is 2. The molecule has 1 aromatic rings. The zero-order valence-corrected chi connectivity index (χ0v) is 13.4. The minimum atomic E-state index is 0.000467. The van der Waals surface area contributed by atoms with Crippen molar-refractivity contribution in [2.75, 3.05) is 19.7 Å². The lowest BCUT2D eigenvalue weighted by molar-refractivity contribution is -0.120. The van der Waals surface area contributed by atoms with Gasteiger partial charge in [-0.3, -0.25) is 4.79 Å². The second-order valence-electron chi connectivity index (χ2n) is 5.85. The number of rotatable bonds is 8. The standard InChI is InChI=1S/C17H26N2O3/c1-13(2)22-15-7-5-14(6-8-15)10-19-17(20)12-18-11-16-4-3-9-21-16/h5-8,13,16,18H,3-4,9-12H2,1-2H3,(H,19,20). The van der Waals surface area contributed by atoms with Crippen LogP contribution in [0.4, 0.5) is 0 Å². The smallest absolute Gasteiger partial charge is 0.234 e. The molecule has 1 saturated heterocycles. The molecule has 1 atom stereocenters. The van der Waals surface area contributed by atoms with Gasteiger partial charge in [-0.2, -0.15) is 0 Å². The summed E-state index contributed by atoms with van der Waals surface area (Å²) in [6.07, 6.45) is 2.64. The van der Waals surface area contributed by atoms with Crippen LogP contribution in [0, 0.1) is 0 Å². The molecule has 1 heterocycles. The van der Waals surface area contributed by atoms with Crippen molar-refractivity contribution in [2.45, 2.75) is 45.4 Å². The van der Waals surface area contributed by atoms with E-state index in [1.807, 2.05) is 38.1 Å². The summed E-state index contributed by atoms with van der Waals surface area (Å²) >= 11 is 0. The van der Waals surface area contributed by atoms with Crippen molar-refractivity contribution in [3.8, 4) is 5.75 Å². The Morgan fingerprint density at radius 2 is 2.14 bits per heavy atom. The molecule has 0 radical (unpaired) electrons. The molecule has 0 bridgehead atoms. The van der Waals surface area contributed by atoms with E-state index in [0.29, 0.717) is 13.1 Å². The highest BCUT2D eigenvalue weighted by atomic mass is 16.5. The number of carbonyl (C=O) groups is 1. The molecule has 5 nitrogen and oxygen atoms in total. The summed E-state index contributed by atoms with van der Waals surface area (Å²) in [5, 5.41) is 6.04. The van der Waals surface area contributed by atoms with Gasteiger partial charge in [-0.1, -0.05) is 12.1 Å². The third-order valence-corrected chi connectivity index (χ3v) is 3.47. The Hall–Kier alpha value is -1.59. The lowest BCUT2D eigenvalue weighted by Gasteiger charge is -2.12. The Morgan fingerprint density at radius 3 is 2.77 bits per heavy atom. The summed E-state index contributed by atoms with van der Waals surface area (Å²) in [6.45, 7) is 6.44. The van der Waals surface area contributed by atoms with Gasteiger partial charge in [0.2, 0.25) is 5.91 Å². The first-order valence-electron chi connectivity index (χ1n) is 7.98. The molecule has 122 valence electrons. The molecule has 5 heteroatoms. The van der Waals surface area contributed by atoms with Crippen LogP contribution in [0.25, 0.3) is 0 Å². The normalized spacial score (nSPS) is 17.7. The summed E-state index contributed by atoms with van der Waals surface area (Å²) in [6, 6.07) is 7.80. The van der Waals surface area contributed by atoms with Crippen LogP contribution >= 0.6 is 0 Å². The van der Waals surface area contributed by atoms with Crippen LogP contribution in [0.3, 0.4) is 0 Å². The lowest BCUT2D eigenvalue weighted by atomic mass is 10.2. The van der Waals surface area contributed by atoms with Gasteiger partial charge in [0.25, 0.3) is 0 Å². The van der Waals surface area contributed by atoms with E-state index in [1.54, 1.807) is 0 Å². The van der Waals surface area contributed by atoms with Crippen molar-refractivity contribution in [3.63, 3.8) is 0 Å². The molecule has 1 amide bonds. The quantitative estimate of drug-likeness (QED) is 0.769. The number of amides is 1. The van der Waals surface area contributed by atoms with E-state index < -0.39 is 0 Å². The molecule has 22 heavy (non-hydrogen) atoms. The number of hydrogen-bond acceptors (Lipinski definition) is 4. The van der Waals surface area contributed by atoms with Crippen LogP contribution in [-0.4, -0.2) is 37.8 Å². The predicted octanol–water partition coefficient (Wildman–Crippen LogP) is 1.86. The van der Waals surface area contributed by atoms with Crippen molar-refractivity contribution in [3.05, 3.63) is 29.8 Å². The fourth-order valence-electron chi connectivity index (χ4n) is 2.37. The monoisotopic (exact) mass is 306 g/mol. The summed E-state index contributed by atoms with van der Waals surface area (Å²) in [7, 11) is 0. The molecule has 1 aromatic carbocycles. The van der Waals surface area contributed by atoms with Crippen LogP contribution in [0.1, 0.15) is 32.3 Å². The van der Waals surface area contributed by atoms with Gasteiger partial charge in [0.05, 0.1) is 18.8 Å². The van der Waals surface area contributed by atoms with Gasteiger partial charge < -0.3 is 20.1 Å². The summed E-state index contributed by atoms with van der Waals surface area (Å²) < 4.78 is 11.1. The molecule has 1 aliphatic rings. The van der Waals surface area contributed by atoms with E-state index in [-0.39, 0.29) is 18.1 Å². The molecular formula is C17H26N2O3. The van der Waals surface area contributed by atoms with Gasteiger partial charge in [-0.25, -0.2) is 0 Å². The van der Waals surface area contributed by atoms with Crippen LogP contribution in [0.2, 0.25) is 0 Å². The molecule has 1 aliphatic heterocycles. The van der Waals surface area contributed by atoms with Gasteiger partial charge in [0, 0.05) is 19.7 Å². The molecule has 0 saturated carbocycles. The number of hydrogen-bond donors (Lipinski definition) is 2. The highest BCUT2D eigenvalue weighted by Crippen LogP contribution is 2.13. The third-order valence-electron chi connectivity index (χ3n) is 3.47. The van der Waals surface area contributed by atoms with Gasteiger partial charge in [-0.15, -0.1) is 0 Å². The van der Waals surface area contributed by atoms with Gasteiger partial charge in [-0.05, 0) is 44.4 Å². The van der Waals surface area contributed by atoms with E-state index in [2.05, 4.69) is 10.6 Å². The van der Waals surface area contributed by atoms with Gasteiger partial charge in [0.15, 0.2) is 0 Å². The van der Waals surface area contributed by atoms with Gasteiger partial charge >= 0.3 is 0 Å². The maximum Gasteiger partial charge on any atom is 0.234 e. The Labute approximate surface area is 132 Å². The predicted molar refractivity (Wildman–Crippen MR) is 85.9 cm³/mol. The Bertz CT molecular complexity index is 453. The number of ether oxygens (including phenoxy) is 2. The summed E-state index contributed by atoms with van der Waals surface area (Å²) in [4.78, 5) is 11.8. The summed E-state index contributed by atoms with van der Waals surface area (Å²) in [5.41, 5.74) is 1.06. The number of benzene rings is 1. The van der Waals surface area contributed by atoms with Crippen molar-refractivity contribution < 1.29 is 14.3 Å². The first kappa shape index (κ1) is 16.8.